The molecule has 3 aromatic carbocycles. The van der Waals surface area contributed by atoms with Crippen LogP contribution in [0.2, 0.25) is 0 Å². The van der Waals surface area contributed by atoms with E-state index in [4.69, 9.17) is 20.1 Å². The lowest BCUT2D eigenvalue weighted by molar-refractivity contribution is 0.0941. The molecule has 9 nitrogen and oxygen atoms in total. The van der Waals surface area contributed by atoms with Crippen LogP contribution in [0.5, 0.6) is 0 Å². The molecule has 0 fully saturated rings. The monoisotopic (exact) mass is 766 g/mol. The third-order valence-corrected chi connectivity index (χ3v) is 11.7. The van der Waals surface area contributed by atoms with Gasteiger partial charge in [-0.15, -0.1) is 5.10 Å². The van der Waals surface area contributed by atoms with Crippen molar-refractivity contribution in [2.75, 3.05) is 22.9 Å². The number of hydrogen-bond acceptors (Lipinski definition) is 9. The lowest BCUT2D eigenvalue weighted by atomic mass is 9.96. The molecule has 0 spiro atoms. The molecule has 56 heavy (non-hydrogen) atoms. The maximum Gasteiger partial charge on any atom is 0.291 e. The molecule has 6 rings (SSSR count). The number of carbonyl (C=O) groups is 1. The molecule has 1 aliphatic heterocycles. The van der Waals surface area contributed by atoms with Crippen LogP contribution < -0.4 is 9.80 Å². The summed E-state index contributed by atoms with van der Waals surface area (Å²) in [5.41, 5.74) is 4.45. The minimum atomic E-state index is -0.507. The van der Waals surface area contributed by atoms with Crippen molar-refractivity contribution in [1.29, 1.82) is 5.26 Å². The number of thiazole rings is 1. The van der Waals surface area contributed by atoms with Gasteiger partial charge in [0.15, 0.2) is 11.0 Å². The van der Waals surface area contributed by atoms with Gasteiger partial charge in [-0.05, 0) is 55.4 Å². The van der Waals surface area contributed by atoms with Gasteiger partial charge in [0.1, 0.15) is 28.0 Å². The van der Waals surface area contributed by atoms with Gasteiger partial charge in [0.05, 0.1) is 0 Å². The van der Waals surface area contributed by atoms with E-state index >= 15 is 0 Å². The molecule has 2 unspecified atom stereocenters. The summed E-state index contributed by atoms with van der Waals surface area (Å²) in [6, 6.07) is 32.0. The molecule has 0 saturated heterocycles. The summed E-state index contributed by atoms with van der Waals surface area (Å²) in [5, 5.41) is 16.9. The van der Waals surface area contributed by atoms with Gasteiger partial charge in [-0.2, -0.15) is 14.9 Å². The summed E-state index contributed by atoms with van der Waals surface area (Å²) in [6.07, 6.45) is 9.83. The van der Waals surface area contributed by atoms with E-state index < -0.39 is 5.91 Å². The van der Waals surface area contributed by atoms with Gasteiger partial charge in [0.25, 0.3) is 11.9 Å². The summed E-state index contributed by atoms with van der Waals surface area (Å²) in [7, 11) is 0. The number of anilines is 4. The van der Waals surface area contributed by atoms with E-state index in [2.05, 4.69) is 50.8 Å². The van der Waals surface area contributed by atoms with Gasteiger partial charge in [-0.1, -0.05) is 151 Å². The number of nitrogens with zero attached hydrogens (tertiary/aromatic N) is 8. The fourth-order valence-electron chi connectivity index (χ4n) is 7.38. The van der Waals surface area contributed by atoms with Crippen LogP contribution in [0, 0.1) is 23.2 Å². The number of para-hydroxylation sites is 2. The fraction of sp³-hybridized carbons (Fsp3) is 0.391. The van der Waals surface area contributed by atoms with E-state index in [0.717, 1.165) is 53.7 Å². The van der Waals surface area contributed by atoms with Crippen molar-refractivity contribution in [3.63, 3.8) is 0 Å². The minimum Gasteiger partial charge on any atom is -0.347 e. The summed E-state index contributed by atoms with van der Waals surface area (Å²) in [5.74, 6) is 1.23. The second-order valence-electron chi connectivity index (χ2n) is 14.5. The van der Waals surface area contributed by atoms with Gasteiger partial charge in [0, 0.05) is 35.6 Å². The molecular formula is C46H54N8OS. The Kier molecular flexibility index (Phi) is 14.0. The first-order valence-corrected chi connectivity index (χ1v) is 21.2. The topological polar surface area (TPSA) is 103 Å². The zero-order chi connectivity index (χ0) is 39.4. The Morgan fingerprint density at radius 3 is 1.84 bits per heavy atom. The van der Waals surface area contributed by atoms with Crippen molar-refractivity contribution in [2.24, 2.45) is 16.8 Å². The van der Waals surface area contributed by atoms with Gasteiger partial charge in [0.2, 0.25) is 0 Å². The Morgan fingerprint density at radius 2 is 1.34 bits per heavy atom. The Hall–Kier alpha value is -5.40. The third-order valence-electron chi connectivity index (χ3n) is 10.7. The largest absolute Gasteiger partial charge is 0.347 e. The van der Waals surface area contributed by atoms with E-state index in [9.17, 15) is 10.1 Å². The first-order valence-electron chi connectivity index (χ1n) is 20.4. The summed E-state index contributed by atoms with van der Waals surface area (Å²) >= 11 is 1.58. The molecule has 0 saturated carbocycles. The SMILES string of the molecule is CCCCC(CC)CN(CC(CC)CCCC)c1nc(-c2ccccc2)c(/N=C2/C(CC)=C(C#N)C(=O)n3nc(N(c4ccccc4)c4ccccc4)nc32)s1. The normalized spacial score (nSPS) is 14.4. The number of aliphatic imine (C=N–C) groups is 1. The maximum atomic E-state index is 14.0. The van der Waals surface area contributed by atoms with Gasteiger partial charge < -0.3 is 4.90 Å². The van der Waals surface area contributed by atoms with Crippen molar-refractivity contribution >= 4 is 50.4 Å². The molecule has 5 aromatic rings. The number of unbranched alkanes of at least 4 members (excludes halogenated alkanes) is 2. The molecule has 10 heteroatoms. The van der Waals surface area contributed by atoms with Crippen molar-refractivity contribution in [3.05, 3.63) is 108 Å². The Labute approximate surface area is 336 Å². The number of carbonyl (C=O) groups excluding carboxylic acids is 1. The van der Waals surface area contributed by atoms with Crippen molar-refractivity contribution < 1.29 is 4.79 Å². The Morgan fingerprint density at radius 1 is 0.786 bits per heavy atom. The van der Waals surface area contributed by atoms with E-state index in [1.165, 1.54) is 43.2 Å². The smallest absolute Gasteiger partial charge is 0.291 e. The molecule has 2 aromatic heterocycles. The fourth-order valence-corrected chi connectivity index (χ4v) is 8.36. The van der Waals surface area contributed by atoms with E-state index in [0.29, 0.717) is 46.3 Å². The van der Waals surface area contributed by atoms with Crippen LogP contribution in [0.3, 0.4) is 0 Å². The standard InChI is InChI=1S/C46H54N8OS/c1-6-11-22-33(8-3)31-52(32-34(9-4)23-12-7-2)46-49-40(35-24-16-13-17-25-35)43(56-46)48-41-38(10-5)39(30-47)44(55)54-42(41)50-45(51-54)53(36-26-18-14-19-27-36)37-28-20-15-21-29-37/h13-21,24-29,33-34H,6-12,22-23,31-32H2,1-5H3/b48-41-. The van der Waals surface area contributed by atoms with Gasteiger partial charge in [-0.25, -0.2) is 9.98 Å². The van der Waals surface area contributed by atoms with Crippen molar-refractivity contribution in [1.82, 2.24) is 19.7 Å². The predicted molar refractivity (Wildman–Crippen MR) is 231 cm³/mol. The molecule has 0 bridgehead atoms. The Balaban J connectivity index is 1.53. The predicted octanol–water partition coefficient (Wildman–Crippen LogP) is 12.1. The lowest BCUT2D eigenvalue weighted by Crippen LogP contribution is -2.34. The van der Waals surface area contributed by atoms with E-state index in [-0.39, 0.29) is 5.57 Å². The highest BCUT2D eigenvalue weighted by Crippen LogP contribution is 2.42. The van der Waals surface area contributed by atoms with Gasteiger partial charge in [-0.3, -0.25) is 9.69 Å². The zero-order valence-corrected chi connectivity index (χ0v) is 34.3. The number of nitriles is 1. The first kappa shape index (κ1) is 40.3. The zero-order valence-electron chi connectivity index (χ0n) is 33.5. The molecule has 1 aliphatic rings. The number of aromatic nitrogens is 4. The molecule has 2 atom stereocenters. The molecule has 0 amide bonds. The van der Waals surface area contributed by atoms with Gasteiger partial charge >= 0.3 is 0 Å². The van der Waals surface area contributed by atoms with E-state index in [1.54, 1.807) is 11.3 Å². The lowest BCUT2D eigenvalue weighted by Gasteiger charge is -2.30. The van der Waals surface area contributed by atoms with Crippen LogP contribution >= 0.6 is 11.3 Å². The number of allylic oxidation sites excluding steroid dienone is 2. The number of rotatable bonds is 19. The number of benzene rings is 3. The van der Waals surface area contributed by atoms with Crippen LogP contribution in [-0.2, 0) is 0 Å². The first-order chi connectivity index (χ1) is 27.4. The van der Waals surface area contributed by atoms with Crippen molar-refractivity contribution in [3.8, 4) is 17.3 Å². The van der Waals surface area contributed by atoms with Crippen molar-refractivity contribution in [2.45, 2.75) is 92.4 Å². The van der Waals surface area contributed by atoms with Crippen LogP contribution in [0.4, 0.5) is 27.5 Å². The highest BCUT2D eigenvalue weighted by molar-refractivity contribution is 7.19. The molecule has 290 valence electrons. The maximum absolute atomic E-state index is 14.0. The van der Waals surface area contributed by atoms with Crippen LogP contribution in [0.15, 0.2) is 107 Å². The van der Waals surface area contributed by atoms with E-state index in [1.807, 2.05) is 90.7 Å². The minimum absolute atomic E-state index is 0.0252. The Bertz CT molecular complexity index is 2090. The second-order valence-corrected chi connectivity index (χ2v) is 15.4. The summed E-state index contributed by atoms with van der Waals surface area (Å²) in [4.78, 5) is 34.3. The highest BCUT2D eigenvalue weighted by Gasteiger charge is 2.35. The van der Waals surface area contributed by atoms with Crippen LogP contribution in [0.1, 0.15) is 103 Å². The average Bonchev–Trinajstić information content (AvgIpc) is 3.88. The second kappa shape index (κ2) is 19.5. The van der Waals surface area contributed by atoms with Crippen LogP contribution in [-0.4, -0.2) is 44.5 Å². The summed E-state index contributed by atoms with van der Waals surface area (Å²) in [6.45, 7) is 13.0. The quantitative estimate of drug-likeness (QED) is 0.0824. The number of hydrogen-bond donors (Lipinski definition) is 0. The number of fused-ring (bicyclic) bond motifs is 1. The molecule has 0 radical (unpaired) electrons. The molecule has 0 aliphatic carbocycles. The molecular weight excluding hydrogens is 713 g/mol. The van der Waals surface area contributed by atoms with Crippen LogP contribution in [0.25, 0.3) is 11.3 Å². The average molecular weight is 767 g/mol. The third kappa shape index (κ3) is 9.00. The summed E-state index contributed by atoms with van der Waals surface area (Å²) < 4.78 is 1.25. The molecule has 3 heterocycles. The highest BCUT2D eigenvalue weighted by atomic mass is 32.1. The molecule has 0 N–H and O–H groups in total.